The number of carbonyl (C=O) groups is 1. The monoisotopic (exact) mass is 256 g/mol. The minimum atomic E-state index is -0.0251. The zero-order valence-electron chi connectivity index (χ0n) is 11.9. The number of benzene rings is 1. The van der Waals surface area contributed by atoms with Crippen LogP contribution in [-0.4, -0.2) is 16.9 Å². The molecule has 19 heavy (non-hydrogen) atoms. The number of nitrogens with one attached hydrogen (secondary N) is 1. The van der Waals surface area contributed by atoms with Gasteiger partial charge in [-0.2, -0.15) is 0 Å². The standard InChI is InChI=1S/C16H20N2O/c1-10(2)12(4)18-16(19)14-9-11(3)17-15-8-6-5-7-13(14)15/h5-10,12H,1-4H3,(H,18,19). The van der Waals surface area contributed by atoms with E-state index in [9.17, 15) is 4.79 Å². The third kappa shape index (κ3) is 2.92. The van der Waals surface area contributed by atoms with Crippen LogP contribution < -0.4 is 5.32 Å². The fourth-order valence-corrected chi connectivity index (χ4v) is 1.95. The highest BCUT2D eigenvalue weighted by Crippen LogP contribution is 2.18. The second-order valence-electron chi connectivity index (χ2n) is 5.33. The first-order valence-corrected chi connectivity index (χ1v) is 6.66. The summed E-state index contributed by atoms with van der Waals surface area (Å²) in [6.07, 6.45) is 0. The van der Waals surface area contributed by atoms with Crippen LogP contribution in [0.3, 0.4) is 0 Å². The van der Waals surface area contributed by atoms with Crippen LogP contribution in [0, 0.1) is 12.8 Å². The molecule has 3 heteroatoms. The minimum absolute atomic E-state index is 0.0251. The molecule has 0 saturated heterocycles. The van der Waals surface area contributed by atoms with E-state index in [0.717, 1.165) is 16.6 Å². The zero-order valence-corrected chi connectivity index (χ0v) is 11.9. The summed E-state index contributed by atoms with van der Waals surface area (Å²) >= 11 is 0. The molecule has 100 valence electrons. The lowest BCUT2D eigenvalue weighted by molar-refractivity contribution is 0.0932. The van der Waals surface area contributed by atoms with E-state index in [1.807, 2.05) is 44.2 Å². The third-order valence-electron chi connectivity index (χ3n) is 3.45. The predicted octanol–water partition coefficient (Wildman–Crippen LogP) is 3.32. The number of fused-ring (bicyclic) bond motifs is 1. The molecule has 0 saturated carbocycles. The van der Waals surface area contributed by atoms with Gasteiger partial charge < -0.3 is 5.32 Å². The molecule has 1 amide bonds. The van der Waals surface area contributed by atoms with Gasteiger partial charge in [-0.15, -0.1) is 0 Å². The van der Waals surface area contributed by atoms with Crippen LogP contribution in [0.5, 0.6) is 0 Å². The fourth-order valence-electron chi connectivity index (χ4n) is 1.95. The van der Waals surface area contributed by atoms with E-state index in [1.54, 1.807) is 0 Å². The Labute approximate surface area is 114 Å². The lowest BCUT2D eigenvalue weighted by Gasteiger charge is -2.18. The lowest BCUT2D eigenvalue weighted by Crippen LogP contribution is -2.36. The highest BCUT2D eigenvalue weighted by Gasteiger charge is 2.15. The summed E-state index contributed by atoms with van der Waals surface area (Å²) in [6.45, 7) is 8.13. The molecule has 2 rings (SSSR count). The van der Waals surface area contributed by atoms with Crippen molar-refractivity contribution in [3.8, 4) is 0 Å². The van der Waals surface area contributed by atoms with Gasteiger partial charge in [-0.05, 0) is 31.9 Å². The molecule has 0 bridgehead atoms. The molecule has 0 fully saturated rings. The van der Waals surface area contributed by atoms with Crippen molar-refractivity contribution in [3.05, 3.63) is 41.6 Å². The Hall–Kier alpha value is -1.90. The minimum Gasteiger partial charge on any atom is -0.349 e. The summed E-state index contributed by atoms with van der Waals surface area (Å²) in [5.41, 5.74) is 2.43. The SMILES string of the molecule is Cc1cc(C(=O)NC(C)C(C)C)c2ccccc2n1. The second kappa shape index (κ2) is 5.39. The molecule has 1 atom stereocenters. The fraction of sp³-hybridized carbons (Fsp3) is 0.375. The molecular formula is C16H20N2O. The van der Waals surface area contributed by atoms with Crippen molar-refractivity contribution in [1.29, 1.82) is 0 Å². The summed E-state index contributed by atoms with van der Waals surface area (Å²) in [5.74, 6) is 0.390. The largest absolute Gasteiger partial charge is 0.349 e. The van der Waals surface area contributed by atoms with Gasteiger partial charge in [0.1, 0.15) is 0 Å². The van der Waals surface area contributed by atoms with Crippen molar-refractivity contribution < 1.29 is 4.79 Å². The van der Waals surface area contributed by atoms with Crippen LogP contribution >= 0.6 is 0 Å². The molecular weight excluding hydrogens is 236 g/mol. The Morgan fingerprint density at radius 2 is 1.89 bits per heavy atom. The third-order valence-corrected chi connectivity index (χ3v) is 3.45. The Balaban J connectivity index is 2.41. The number of nitrogens with zero attached hydrogens (tertiary/aromatic N) is 1. The average molecular weight is 256 g/mol. The Morgan fingerprint density at radius 3 is 2.58 bits per heavy atom. The molecule has 0 aliphatic heterocycles. The smallest absolute Gasteiger partial charge is 0.252 e. The van der Waals surface area contributed by atoms with Crippen LogP contribution in [0.1, 0.15) is 36.8 Å². The molecule has 1 unspecified atom stereocenters. The normalized spacial score (nSPS) is 12.7. The van der Waals surface area contributed by atoms with Crippen LogP contribution in [0.4, 0.5) is 0 Å². The number of para-hydroxylation sites is 1. The van der Waals surface area contributed by atoms with Gasteiger partial charge in [0.15, 0.2) is 0 Å². The Kier molecular flexibility index (Phi) is 3.84. The quantitative estimate of drug-likeness (QED) is 0.915. The summed E-state index contributed by atoms with van der Waals surface area (Å²) in [7, 11) is 0. The molecule has 1 aromatic carbocycles. The Bertz CT molecular complexity index is 605. The van der Waals surface area contributed by atoms with Crippen LogP contribution in [0.25, 0.3) is 10.9 Å². The molecule has 1 aromatic heterocycles. The van der Waals surface area contributed by atoms with Crippen LogP contribution in [0.2, 0.25) is 0 Å². The number of carbonyl (C=O) groups excluding carboxylic acids is 1. The maximum absolute atomic E-state index is 12.4. The Morgan fingerprint density at radius 1 is 1.21 bits per heavy atom. The van der Waals surface area contributed by atoms with Crippen molar-refractivity contribution in [1.82, 2.24) is 10.3 Å². The average Bonchev–Trinajstić information content (AvgIpc) is 2.37. The zero-order chi connectivity index (χ0) is 14.0. The van der Waals surface area contributed by atoms with Crippen molar-refractivity contribution >= 4 is 16.8 Å². The van der Waals surface area contributed by atoms with Gasteiger partial charge in [-0.25, -0.2) is 0 Å². The number of hydrogen-bond acceptors (Lipinski definition) is 2. The lowest BCUT2D eigenvalue weighted by atomic mass is 10.0. The van der Waals surface area contributed by atoms with E-state index in [1.165, 1.54) is 0 Å². The summed E-state index contributed by atoms with van der Waals surface area (Å²) in [5, 5.41) is 3.95. The number of pyridine rings is 1. The van der Waals surface area contributed by atoms with Gasteiger partial charge in [0.05, 0.1) is 11.1 Å². The van der Waals surface area contributed by atoms with Crippen molar-refractivity contribution in [2.75, 3.05) is 0 Å². The topological polar surface area (TPSA) is 42.0 Å². The van der Waals surface area contributed by atoms with Gasteiger partial charge in [-0.3, -0.25) is 9.78 Å². The number of rotatable bonds is 3. The van der Waals surface area contributed by atoms with Gasteiger partial charge in [0, 0.05) is 17.1 Å². The van der Waals surface area contributed by atoms with Gasteiger partial charge in [0.2, 0.25) is 0 Å². The molecule has 0 spiro atoms. The van der Waals surface area contributed by atoms with E-state index in [2.05, 4.69) is 24.1 Å². The van der Waals surface area contributed by atoms with Crippen LogP contribution in [0.15, 0.2) is 30.3 Å². The molecule has 0 aliphatic rings. The highest BCUT2D eigenvalue weighted by atomic mass is 16.1. The van der Waals surface area contributed by atoms with Gasteiger partial charge in [0.25, 0.3) is 5.91 Å². The number of amides is 1. The molecule has 0 aliphatic carbocycles. The first kappa shape index (κ1) is 13.5. The number of aryl methyl sites for hydroxylation is 1. The van der Waals surface area contributed by atoms with E-state index >= 15 is 0 Å². The summed E-state index contributed by atoms with van der Waals surface area (Å²) in [4.78, 5) is 16.8. The molecule has 1 heterocycles. The summed E-state index contributed by atoms with van der Waals surface area (Å²) < 4.78 is 0. The van der Waals surface area contributed by atoms with Crippen molar-refractivity contribution in [2.24, 2.45) is 5.92 Å². The first-order valence-electron chi connectivity index (χ1n) is 6.66. The number of aromatic nitrogens is 1. The maximum atomic E-state index is 12.4. The van der Waals surface area contributed by atoms with Gasteiger partial charge >= 0.3 is 0 Å². The van der Waals surface area contributed by atoms with E-state index < -0.39 is 0 Å². The van der Waals surface area contributed by atoms with E-state index in [0.29, 0.717) is 11.5 Å². The molecule has 0 radical (unpaired) electrons. The maximum Gasteiger partial charge on any atom is 0.252 e. The molecule has 3 nitrogen and oxygen atoms in total. The van der Waals surface area contributed by atoms with Crippen molar-refractivity contribution in [3.63, 3.8) is 0 Å². The second-order valence-corrected chi connectivity index (χ2v) is 5.33. The highest BCUT2D eigenvalue weighted by molar-refractivity contribution is 6.06. The van der Waals surface area contributed by atoms with Crippen molar-refractivity contribution in [2.45, 2.75) is 33.7 Å². The van der Waals surface area contributed by atoms with Gasteiger partial charge in [-0.1, -0.05) is 32.0 Å². The number of hydrogen-bond donors (Lipinski definition) is 1. The summed E-state index contributed by atoms with van der Waals surface area (Å²) in [6, 6.07) is 9.75. The van der Waals surface area contributed by atoms with E-state index in [4.69, 9.17) is 0 Å². The first-order chi connectivity index (χ1) is 8.99. The molecule has 1 N–H and O–H groups in total. The molecule has 2 aromatic rings. The van der Waals surface area contributed by atoms with Crippen LogP contribution in [-0.2, 0) is 0 Å². The van der Waals surface area contributed by atoms with E-state index in [-0.39, 0.29) is 11.9 Å². The predicted molar refractivity (Wildman–Crippen MR) is 78.2 cm³/mol.